The van der Waals surface area contributed by atoms with E-state index in [1.807, 2.05) is 54.7 Å². The van der Waals surface area contributed by atoms with E-state index in [-0.39, 0.29) is 18.6 Å². The molecule has 1 aliphatic heterocycles. The van der Waals surface area contributed by atoms with Crippen molar-refractivity contribution in [2.75, 3.05) is 26.3 Å². The van der Waals surface area contributed by atoms with E-state index in [1.54, 1.807) is 6.20 Å². The summed E-state index contributed by atoms with van der Waals surface area (Å²) in [7, 11) is 0. The van der Waals surface area contributed by atoms with Gasteiger partial charge in [-0.3, -0.25) is 4.98 Å². The number of aromatic nitrogens is 1. The van der Waals surface area contributed by atoms with Crippen LogP contribution >= 0.6 is 0 Å². The third-order valence-electron chi connectivity index (χ3n) is 7.11. The highest BCUT2D eigenvalue weighted by Crippen LogP contribution is 2.32. The van der Waals surface area contributed by atoms with Crippen LogP contribution in [0.25, 0.3) is 10.8 Å². The lowest BCUT2D eigenvalue weighted by Gasteiger charge is -2.40. The van der Waals surface area contributed by atoms with Gasteiger partial charge in [-0.2, -0.15) is 0 Å². The fourth-order valence-corrected chi connectivity index (χ4v) is 4.98. The Morgan fingerprint density at radius 1 is 0.923 bits per heavy atom. The number of carboxylic acid groups (broad SMARTS) is 1. The molecule has 2 heterocycles. The molecule has 3 aromatic carbocycles. The van der Waals surface area contributed by atoms with E-state index < -0.39 is 6.09 Å². The SMILES string of the molecule is O=C([O-])N1CCC(c2ccc(OCCCOCc3ccccc3)cc2)C(OCc2ccc3cnccc3c2)C1. The van der Waals surface area contributed by atoms with Crippen LogP contribution in [0.1, 0.15) is 35.4 Å². The first-order valence-corrected chi connectivity index (χ1v) is 13.4. The van der Waals surface area contributed by atoms with Crippen molar-refractivity contribution in [3.05, 3.63) is 108 Å². The standard InChI is InChI=1S/C32H34N2O5/c35-32(36)34-16-14-30(31(21-34)39-23-25-7-8-28-20-33-15-13-27(28)19-25)26-9-11-29(12-10-26)38-18-4-17-37-22-24-5-2-1-3-6-24/h1-3,5-13,15,19-20,30-31H,4,14,16-18,21-23H2,(H,35,36)/p-1. The van der Waals surface area contributed by atoms with Crippen LogP contribution in [0.4, 0.5) is 4.79 Å². The molecule has 0 N–H and O–H groups in total. The van der Waals surface area contributed by atoms with Gasteiger partial charge in [0.25, 0.3) is 0 Å². The number of carbonyl (C=O) groups is 1. The Hall–Kier alpha value is -3.94. The van der Waals surface area contributed by atoms with Gasteiger partial charge in [0.05, 0.1) is 32.5 Å². The fraction of sp³-hybridized carbons (Fsp3) is 0.312. The van der Waals surface area contributed by atoms with E-state index in [0.29, 0.717) is 39.4 Å². The van der Waals surface area contributed by atoms with Crippen LogP contribution in [0, 0.1) is 0 Å². The van der Waals surface area contributed by atoms with Gasteiger partial charge in [0.2, 0.25) is 0 Å². The Balaban J connectivity index is 1.14. The molecule has 5 rings (SSSR count). The molecule has 0 aliphatic carbocycles. The number of likely N-dealkylation sites (tertiary alicyclic amines) is 1. The molecule has 0 saturated carbocycles. The number of carbonyl (C=O) groups excluding carboxylic acids is 1. The molecule has 202 valence electrons. The lowest BCUT2D eigenvalue weighted by molar-refractivity contribution is -0.268. The molecular weight excluding hydrogens is 492 g/mol. The Bertz CT molecular complexity index is 1350. The lowest BCUT2D eigenvalue weighted by Crippen LogP contribution is -2.51. The van der Waals surface area contributed by atoms with Crippen molar-refractivity contribution < 1.29 is 24.1 Å². The zero-order chi connectivity index (χ0) is 26.9. The van der Waals surface area contributed by atoms with Crippen LogP contribution in [0.3, 0.4) is 0 Å². The van der Waals surface area contributed by atoms with Gasteiger partial charge in [0.15, 0.2) is 0 Å². The van der Waals surface area contributed by atoms with Gasteiger partial charge in [0.1, 0.15) is 11.8 Å². The Kier molecular flexibility index (Phi) is 9.04. The monoisotopic (exact) mass is 525 g/mol. The number of benzene rings is 3. The fourth-order valence-electron chi connectivity index (χ4n) is 4.98. The van der Waals surface area contributed by atoms with Crippen molar-refractivity contribution in [1.82, 2.24) is 9.88 Å². The average molecular weight is 526 g/mol. The average Bonchev–Trinajstić information content (AvgIpc) is 2.98. The zero-order valence-electron chi connectivity index (χ0n) is 21.9. The molecule has 7 heteroatoms. The molecule has 1 saturated heterocycles. The van der Waals surface area contributed by atoms with Crippen LogP contribution in [0.2, 0.25) is 0 Å². The largest absolute Gasteiger partial charge is 0.530 e. The molecule has 1 fully saturated rings. The van der Waals surface area contributed by atoms with E-state index in [9.17, 15) is 9.90 Å². The highest BCUT2D eigenvalue weighted by Gasteiger charge is 2.31. The van der Waals surface area contributed by atoms with Crippen molar-refractivity contribution in [1.29, 1.82) is 0 Å². The number of fused-ring (bicyclic) bond motifs is 1. The van der Waals surface area contributed by atoms with Crippen LogP contribution in [-0.4, -0.2) is 48.4 Å². The maximum Gasteiger partial charge on any atom is 0.137 e. The van der Waals surface area contributed by atoms with Gasteiger partial charge in [-0.05, 0) is 52.8 Å². The van der Waals surface area contributed by atoms with Crippen molar-refractivity contribution in [3.63, 3.8) is 0 Å². The summed E-state index contributed by atoms with van der Waals surface area (Å²) >= 11 is 0. The van der Waals surface area contributed by atoms with E-state index in [0.717, 1.165) is 39.6 Å². The highest BCUT2D eigenvalue weighted by atomic mass is 16.5. The normalized spacial score (nSPS) is 17.3. The summed E-state index contributed by atoms with van der Waals surface area (Å²) in [4.78, 5) is 17.1. The molecule has 2 unspecified atom stereocenters. The number of hydrogen-bond donors (Lipinski definition) is 0. The van der Waals surface area contributed by atoms with Gasteiger partial charge in [0, 0.05) is 43.2 Å². The summed E-state index contributed by atoms with van der Waals surface area (Å²) in [6.07, 6.45) is 3.64. The second-order valence-corrected chi connectivity index (χ2v) is 9.82. The molecule has 4 aromatic rings. The van der Waals surface area contributed by atoms with Gasteiger partial charge in [-0.1, -0.05) is 54.6 Å². The number of ether oxygens (including phenoxy) is 3. The molecular formula is C32H33N2O5-. The molecule has 1 aliphatic rings. The summed E-state index contributed by atoms with van der Waals surface area (Å²) in [6, 6.07) is 26.3. The third-order valence-corrected chi connectivity index (χ3v) is 7.11. The summed E-state index contributed by atoms with van der Waals surface area (Å²) < 4.78 is 18.0. The second-order valence-electron chi connectivity index (χ2n) is 9.82. The number of amides is 1. The Morgan fingerprint density at radius 3 is 2.59 bits per heavy atom. The molecule has 0 spiro atoms. The molecule has 0 radical (unpaired) electrons. The van der Waals surface area contributed by atoms with Crippen molar-refractivity contribution >= 4 is 16.9 Å². The summed E-state index contributed by atoms with van der Waals surface area (Å²) in [5.41, 5.74) is 3.31. The Labute approximate surface area is 229 Å². The van der Waals surface area contributed by atoms with Crippen LogP contribution in [-0.2, 0) is 22.7 Å². The van der Waals surface area contributed by atoms with Crippen molar-refractivity contribution in [2.45, 2.75) is 38.1 Å². The van der Waals surface area contributed by atoms with Gasteiger partial charge in [-0.25, -0.2) is 0 Å². The van der Waals surface area contributed by atoms with Gasteiger partial charge < -0.3 is 29.0 Å². The van der Waals surface area contributed by atoms with E-state index in [2.05, 4.69) is 35.3 Å². The quantitative estimate of drug-likeness (QED) is 0.258. The second kappa shape index (κ2) is 13.2. The molecule has 2 atom stereocenters. The predicted octanol–water partition coefficient (Wildman–Crippen LogP) is 4.94. The number of nitrogens with zero attached hydrogens (tertiary/aromatic N) is 2. The van der Waals surface area contributed by atoms with E-state index in [1.165, 1.54) is 4.90 Å². The minimum atomic E-state index is -1.16. The first kappa shape index (κ1) is 26.7. The van der Waals surface area contributed by atoms with Gasteiger partial charge in [-0.15, -0.1) is 0 Å². The minimum Gasteiger partial charge on any atom is -0.530 e. The zero-order valence-corrected chi connectivity index (χ0v) is 21.9. The number of pyridine rings is 1. The topological polar surface area (TPSA) is 84.0 Å². The Morgan fingerprint density at radius 2 is 1.77 bits per heavy atom. The van der Waals surface area contributed by atoms with E-state index >= 15 is 0 Å². The van der Waals surface area contributed by atoms with Crippen LogP contribution in [0.15, 0.2) is 91.3 Å². The molecule has 1 amide bonds. The number of rotatable bonds is 11. The van der Waals surface area contributed by atoms with Crippen LogP contribution < -0.4 is 9.84 Å². The van der Waals surface area contributed by atoms with Crippen LogP contribution in [0.5, 0.6) is 5.75 Å². The summed E-state index contributed by atoms with van der Waals surface area (Å²) in [5.74, 6) is 0.878. The molecule has 39 heavy (non-hydrogen) atoms. The maximum absolute atomic E-state index is 11.6. The summed E-state index contributed by atoms with van der Waals surface area (Å²) in [5, 5.41) is 13.7. The maximum atomic E-state index is 11.6. The first-order valence-electron chi connectivity index (χ1n) is 13.4. The first-order chi connectivity index (χ1) is 19.2. The summed E-state index contributed by atoms with van der Waals surface area (Å²) in [6.45, 7) is 2.92. The smallest absolute Gasteiger partial charge is 0.137 e. The van der Waals surface area contributed by atoms with E-state index in [4.69, 9.17) is 14.2 Å². The molecule has 1 aromatic heterocycles. The van der Waals surface area contributed by atoms with Crippen molar-refractivity contribution in [2.24, 2.45) is 0 Å². The third kappa shape index (κ3) is 7.34. The van der Waals surface area contributed by atoms with Crippen molar-refractivity contribution in [3.8, 4) is 5.75 Å². The number of hydrogen-bond acceptors (Lipinski definition) is 6. The number of piperidine rings is 1. The lowest BCUT2D eigenvalue weighted by atomic mass is 9.87. The molecule has 0 bridgehead atoms. The predicted molar refractivity (Wildman–Crippen MR) is 147 cm³/mol. The molecule has 7 nitrogen and oxygen atoms in total. The van der Waals surface area contributed by atoms with Gasteiger partial charge >= 0.3 is 0 Å². The minimum absolute atomic E-state index is 0.0747. The highest BCUT2D eigenvalue weighted by molar-refractivity contribution is 5.81.